The Balaban J connectivity index is 1.94. The van der Waals surface area contributed by atoms with Gasteiger partial charge in [-0.3, -0.25) is 0 Å². The second-order valence-corrected chi connectivity index (χ2v) is 2.52. The summed E-state index contributed by atoms with van der Waals surface area (Å²) in [6, 6.07) is 9.83. The van der Waals surface area contributed by atoms with Gasteiger partial charge in [-0.25, -0.2) is 0 Å². The molecule has 0 atom stereocenters. The van der Waals surface area contributed by atoms with Crippen LogP contribution in [0.2, 0.25) is 0 Å². The van der Waals surface area contributed by atoms with Gasteiger partial charge in [0.25, 0.3) is 5.88 Å². The van der Waals surface area contributed by atoms with E-state index in [1.807, 2.05) is 30.3 Å². The molecule has 1 heterocycles. The molecule has 4 heteroatoms. The topological polar surface area (TPSA) is 48.2 Å². The number of ether oxygens (including phenoxy) is 1. The molecule has 0 saturated carbocycles. The average molecular weight is 176 g/mol. The van der Waals surface area contributed by atoms with Crippen LogP contribution in [0, 0.1) is 0 Å². The van der Waals surface area contributed by atoms with Gasteiger partial charge in [0, 0.05) is 5.27 Å². The Kier molecular flexibility index (Phi) is 2.22. The first-order valence-electron chi connectivity index (χ1n) is 3.89. The van der Waals surface area contributed by atoms with Gasteiger partial charge in [-0.2, -0.15) is 0 Å². The van der Waals surface area contributed by atoms with Gasteiger partial charge >= 0.3 is 0 Å². The van der Waals surface area contributed by atoms with Gasteiger partial charge in [0.05, 0.1) is 0 Å². The highest BCUT2D eigenvalue weighted by Crippen LogP contribution is 2.06. The maximum Gasteiger partial charge on any atom is 0.275 e. The van der Waals surface area contributed by atoms with Crippen molar-refractivity contribution in [2.75, 3.05) is 0 Å². The lowest BCUT2D eigenvalue weighted by atomic mass is 10.2. The molecular formula is C9H8N2O2. The molecule has 1 aromatic carbocycles. The van der Waals surface area contributed by atoms with Crippen LogP contribution in [0.1, 0.15) is 5.56 Å². The summed E-state index contributed by atoms with van der Waals surface area (Å²) < 4.78 is 9.78. The summed E-state index contributed by atoms with van der Waals surface area (Å²) in [6.07, 6.45) is 1.36. The third kappa shape index (κ3) is 2.05. The van der Waals surface area contributed by atoms with Crippen molar-refractivity contribution in [3.63, 3.8) is 0 Å². The molecule has 0 N–H and O–H groups in total. The Morgan fingerprint density at radius 3 is 2.77 bits per heavy atom. The molecule has 4 nitrogen and oxygen atoms in total. The molecule has 66 valence electrons. The van der Waals surface area contributed by atoms with E-state index in [0.717, 1.165) is 5.56 Å². The summed E-state index contributed by atoms with van der Waals surface area (Å²) in [4.78, 5) is 0. The van der Waals surface area contributed by atoms with Crippen LogP contribution in [-0.2, 0) is 6.61 Å². The van der Waals surface area contributed by atoms with E-state index in [1.165, 1.54) is 6.26 Å². The molecule has 2 rings (SSSR count). The van der Waals surface area contributed by atoms with E-state index in [2.05, 4.69) is 14.9 Å². The Morgan fingerprint density at radius 2 is 2.08 bits per heavy atom. The highest BCUT2D eigenvalue weighted by Gasteiger charge is 1.97. The Labute approximate surface area is 75.1 Å². The van der Waals surface area contributed by atoms with Crippen LogP contribution in [0.5, 0.6) is 5.88 Å². The van der Waals surface area contributed by atoms with Gasteiger partial charge in [-0.05, 0) is 5.56 Å². The van der Waals surface area contributed by atoms with Gasteiger partial charge in [-0.1, -0.05) is 35.4 Å². The predicted octanol–water partition coefficient (Wildman–Crippen LogP) is 1.65. The van der Waals surface area contributed by atoms with Crippen molar-refractivity contribution in [3.05, 3.63) is 42.2 Å². The van der Waals surface area contributed by atoms with E-state index in [9.17, 15) is 0 Å². The Bertz CT molecular complexity index is 345. The molecule has 13 heavy (non-hydrogen) atoms. The van der Waals surface area contributed by atoms with E-state index in [4.69, 9.17) is 4.74 Å². The molecule has 1 aromatic heterocycles. The fourth-order valence-electron chi connectivity index (χ4n) is 0.950. The normalized spacial score (nSPS) is 9.85. The van der Waals surface area contributed by atoms with Crippen LogP contribution in [-0.4, -0.2) is 10.4 Å². The quantitative estimate of drug-likeness (QED) is 0.713. The van der Waals surface area contributed by atoms with Crippen molar-refractivity contribution in [1.29, 1.82) is 0 Å². The van der Waals surface area contributed by atoms with Crippen LogP contribution in [0.15, 0.2) is 41.1 Å². The molecule has 0 saturated heterocycles. The summed E-state index contributed by atoms with van der Waals surface area (Å²) >= 11 is 0. The molecule has 0 amide bonds. The van der Waals surface area contributed by atoms with Crippen molar-refractivity contribution in [3.8, 4) is 5.88 Å². The first-order chi connectivity index (χ1) is 6.45. The lowest BCUT2D eigenvalue weighted by Gasteiger charge is -1.99. The SMILES string of the molecule is c1ccc(COc2conn2)cc1. The van der Waals surface area contributed by atoms with Gasteiger partial charge in [-0.15, -0.1) is 0 Å². The second kappa shape index (κ2) is 3.71. The lowest BCUT2D eigenvalue weighted by molar-refractivity contribution is 0.293. The van der Waals surface area contributed by atoms with E-state index >= 15 is 0 Å². The van der Waals surface area contributed by atoms with Crippen LogP contribution in [0.25, 0.3) is 0 Å². The van der Waals surface area contributed by atoms with Gasteiger partial charge in [0.1, 0.15) is 6.61 Å². The molecule has 2 aromatic rings. The van der Waals surface area contributed by atoms with Gasteiger partial charge in [0.15, 0.2) is 6.26 Å². The van der Waals surface area contributed by atoms with E-state index in [-0.39, 0.29) is 0 Å². The zero-order chi connectivity index (χ0) is 8.93. The number of nitrogens with zero attached hydrogens (tertiary/aromatic N) is 2. The molecule has 0 aliphatic rings. The zero-order valence-electron chi connectivity index (χ0n) is 6.88. The molecule has 0 aliphatic heterocycles. The summed E-state index contributed by atoms with van der Waals surface area (Å²) in [6.45, 7) is 0.481. The first-order valence-corrected chi connectivity index (χ1v) is 3.89. The van der Waals surface area contributed by atoms with Crippen LogP contribution < -0.4 is 4.74 Å². The number of aromatic nitrogens is 2. The number of hydrogen-bond acceptors (Lipinski definition) is 4. The number of hydrogen-bond donors (Lipinski definition) is 0. The van der Waals surface area contributed by atoms with E-state index < -0.39 is 0 Å². The van der Waals surface area contributed by atoms with Crippen molar-refractivity contribution < 1.29 is 9.26 Å². The molecule has 0 fully saturated rings. The minimum Gasteiger partial charge on any atom is -0.469 e. The second-order valence-electron chi connectivity index (χ2n) is 2.52. The van der Waals surface area contributed by atoms with Crippen LogP contribution >= 0.6 is 0 Å². The summed E-state index contributed by atoms with van der Waals surface area (Å²) in [5, 5.41) is 6.88. The summed E-state index contributed by atoms with van der Waals surface area (Å²) in [5.41, 5.74) is 1.09. The largest absolute Gasteiger partial charge is 0.469 e. The fraction of sp³-hybridized carbons (Fsp3) is 0.111. The smallest absolute Gasteiger partial charge is 0.275 e. The Hall–Kier alpha value is -1.84. The molecule has 0 unspecified atom stereocenters. The standard InChI is InChI=1S/C9H8N2O2/c1-2-4-8(5-3-1)6-12-9-7-13-11-10-9/h1-5,7H,6H2. The zero-order valence-corrected chi connectivity index (χ0v) is 6.88. The minimum atomic E-state index is 0.406. The van der Waals surface area contributed by atoms with E-state index in [0.29, 0.717) is 12.5 Å². The first kappa shape index (κ1) is 7.79. The highest BCUT2D eigenvalue weighted by molar-refractivity contribution is 5.14. The van der Waals surface area contributed by atoms with Crippen molar-refractivity contribution in [2.45, 2.75) is 6.61 Å². The molecular weight excluding hydrogens is 168 g/mol. The summed E-state index contributed by atoms with van der Waals surface area (Å²) in [7, 11) is 0. The monoisotopic (exact) mass is 176 g/mol. The van der Waals surface area contributed by atoms with Crippen LogP contribution in [0.4, 0.5) is 0 Å². The van der Waals surface area contributed by atoms with E-state index in [1.54, 1.807) is 0 Å². The molecule has 0 spiro atoms. The fourth-order valence-corrected chi connectivity index (χ4v) is 0.950. The van der Waals surface area contributed by atoms with Crippen molar-refractivity contribution in [2.24, 2.45) is 0 Å². The minimum absolute atomic E-state index is 0.406. The summed E-state index contributed by atoms with van der Waals surface area (Å²) in [5.74, 6) is 0.406. The van der Waals surface area contributed by atoms with Crippen molar-refractivity contribution in [1.82, 2.24) is 10.4 Å². The van der Waals surface area contributed by atoms with Crippen molar-refractivity contribution >= 4 is 0 Å². The number of benzene rings is 1. The maximum absolute atomic E-state index is 5.26. The van der Waals surface area contributed by atoms with Gasteiger partial charge in [0.2, 0.25) is 0 Å². The Morgan fingerprint density at radius 1 is 1.23 bits per heavy atom. The molecule has 0 aliphatic carbocycles. The van der Waals surface area contributed by atoms with Crippen LogP contribution in [0.3, 0.4) is 0 Å². The van der Waals surface area contributed by atoms with Gasteiger partial charge < -0.3 is 9.26 Å². The molecule has 0 bridgehead atoms. The molecule has 0 radical (unpaired) electrons. The number of rotatable bonds is 3. The predicted molar refractivity (Wildman–Crippen MR) is 45.1 cm³/mol. The average Bonchev–Trinajstić information content (AvgIpc) is 2.69. The maximum atomic E-state index is 5.26. The highest BCUT2D eigenvalue weighted by atomic mass is 16.5. The third-order valence-corrected chi connectivity index (χ3v) is 1.57. The third-order valence-electron chi connectivity index (χ3n) is 1.57. The lowest BCUT2D eigenvalue weighted by Crippen LogP contribution is -1.94.